The minimum atomic E-state index is 0.852. The monoisotopic (exact) mass is 268 g/mol. The summed E-state index contributed by atoms with van der Waals surface area (Å²) in [5.74, 6) is 0. The standard InChI is InChI=1S/C16H20N4/c1-3-17-9-13-4-5-14-6-7-20(16(14)8-13)11-15-10-18-12-19(15)2/h4-8,10,12,17H,3,9,11H2,1-2H3. The predicted molar refractivity (Wildman–Crippen MR) is 81.6 cm³/mol. The molecule has 1 aromatic carbocycles. The van der Waals surface area contributed by atoms with Crippen molar-refractivity contribution in [1.29, 1.82) is 0 Å². The molecule has 0 unspecified atom stereocenters. The van der Waals surface area contributed by atoms with Crippen molar-refractivity contribution in [1.82, 2.24) is 19.4 Å². The Labute approximate surface area is 119 Å². The third-order valence-electron chi connectivity index (χ3n) is 3.67. The lowest BCUT2D eigenvalue weighted by Crippen LogP contribution is -2.11. The second kappa shape index (κ2) is 5.51. The van der Waals surface area contributed by atoms with E-state index >= 15 is 0 Å². The summed E-state index contributed by atoms with van der Waals surface area (Å²) in [5.41, 5.74) is 3.81. The highest BCUT2D eigenvalue weighted by Crippen LogP contribution is 2.19. The Morgan fingerprint density at radius 3 is 2.90 bits per heavy atom. The lowest BCUT2D eigenvalue weighted by Gasteiger charge is -2.08. The molecule has 0 saturated heterocycles. The van der Waals surface area contributed by atoms with Crippen molar-refractivity contribution in [2.24, 2.45) is 7.05 Å². The number of nitrogens with zero attached hydrogens (tertiary/aromatic N) is 3. The maximum Gasteiger partial charge on any atom is 0.0946 e. The molecular formula is C16H20N4. The van der Waals surface area contributed by atoms with Crippen molar-refractivity contribution >= 4 is 10.9 Å². The SMILES string of the molecule is CCNCc1ccc2ccn(Cc3cncn3C)c2c1. The van der Waals surface area contributed by atoms with Crippen LogP contribution in [0, 0.1) is 0 Å². The zero-order valence-electron chi connectivity index (χ0n) is 12.0. The molecule has 0 aliphatic carbocycles. The van der Waals surface area contributed by atoms with Gasteiger partial charge in [0.1, 0.15) is 0 Å². The third kappa shape index (κ3) is 2.47. The van der Waals surface area contributed by atoms with E-state index in [1.165, 1.54) is 22.2 Å². The van der Waals surface area contributed by atoms with Gasteiger partial charge in [-0.2, -0.15) is 0 Å². The molecule has 0 bridgehead atoms. The molecule has 0 aliphatic heterocycles. The first kappa shape index (κ1) is 12.9. The quantitative estimate of drug-likeness (QED) is 0.771. The van der Waals surface area contributed by atoms with Gasteiger partial charge in [0.05, 0.1) is 18.6 Å². The molecule has 0 atom stereocenters. The summed E-state index contributed by atoms with van der Waals surface area (Å²) in [7, 11) is 2.03. The van der Waals surface area contributed by atoms with Crippen molar-refractivity contribution in [3.05, 3.63) is 54.2 Å². The number of hydrogen-bond donors (Lipinski definition) is 1. The second-order valence-corrected chi connectivity index (χ2v) is 5.11. The van der Waals surface area contributed by atoms with Gasteiger partial charge in [0.15, 0.2) is 0 Å². The first-order chi connectivity index (χ1) is 9.78. The zero-order valence-corrected chi connectivity index (χ0v) is 12.0. The van der Waals surface area contributed by atoms with E-state index in [1.54, 1.807) is 0 Å². The van der Waals surface area contributed by atoms with E-state index in [9.17, 15) is 0 Å². The maximum absolute atomic E-state index is 4.18. The van der Waals surface area contributed by atoms with Gasteiger partial charge in [-0.25, -0.2) is 4.98 Å². The molecule has 0 radical (unpaired) electrons. The fourth-order valence-corrected chi connectivity index (χ4v) is 2.46. The minimum Gasteiger partial charge on any atom is -0.341 e. The summed E-state index contributed by atoms with van der Waals surface area (Å²) in [6.45, 7) is 4.89. The van der Waals surface area contributed by atoms with E-state index in [-0.39, 0.29) is 0 Å². The smallest absolute Gasteiger partial charge is 0.0946 e. The van der Waals surface area contributed by atoms with Gasteiger partial charge in [0.25, 0.3) is 0 Å². The summed E-state index contributed by atoms with van der Waals surface area (Å²) < 4.78 is 4.34. The highest BCUT2D eigenvalue weighted by molar-refractivity contribution is 5.80. The molecule has 2 heterocycles. The number of aromatic nitrogens is 3. The molecule has 0 amide bonds. The van der Waals surface area contributed by atoms with Crippen molar-refractivity contribution in [2.75, 3.05) is 6.54 Å². The third-order valence-corrected chi connectivity index (χ3v) is 3.67. The van der Waals surface area contributed by atoms with E-state index in [2.05, 4.69) is 56.8 Å². The molecule has 3 aromatic rings. The summed E-state index contributed by atoms with van der Waals surface area (Å²) >= 11 is 0. The van der Waals surface area contributed by atoms with Gasteiger partial charge >= 0.3 is 0 Å². The average molecular weight is 268 g/mol. The van der Waals surface area contributed by atoms with Crippen molar-refractivity contribution in [3.63, 3.8) is 0 Å². The summed E-state index contributed by atoms with van der Waals surface area (Å²) in [6, 6.07) is 8.83. The van der Waals surface area contributed by atoms with Crippen LogP contribution in [-0.2, 0) is 20.1 Å². The van der Waals surface area contributed by atoms with Crippen LogP contribution >= 0.6 is 0 Å². The van der Waals surface area contributed by atoms with Crippen LogP contribution in [0.5, 0.6) is 0 Å². The number of fused-ring (bicyclic) bond motifs is 1. The van der Waals surface area contributed by atoms with Crippen LogP contribution in [0.3, 0.4) is 0 Å². The van der Waals surface area contributed by atoms with Crippen molar-refractivity contribution < 1.29 is 0 Å². The fourth-order valence-electron chi connectivity index (χ4n) is 2.46. The molecule has 3 rings (SSSR count). The van der Waals surface area contributed by atoms with E-state index in [1.807, 2.05) is 19.6 Å². The molecule has 0 fully saturated rings. The Hall–Kier alpha value is -2.07. The Kier molecular flexibility index (Phi) is 3.56. The maximum atomic E-state index is 4.18. The van der Waals surface area contributed by atoms with Crippen LogP contribution in [0.25, 0.3) is 10.9 Å². The number of imidazole rings is 1. The molecular weight excluding hydrogens is 248 g/mol. The Morgan fingerprint density at radius 1 is 1.25 bits per heavy atom. The van der Waals surface area contributed by atoms with E-state index in [4.69, 9.17) is 0 Å². The Bertz CT molecular complexity index is 708. The van der Waals surface area contributed by atoms with Crippen molar-refractivity contribution in [3.8, 4) is 0 Å². The second-order valence-electron chi connectivity index (χ2n) is 5.11. The summed E-state index contributed by atoms with van der Waals surface area (Å²) in [5, 5.41) is 4.66. The molecule has 2 aromatic heterocycles. The van der Waals surface area contributed by atoms with Crippen LogP contribution in [0.2, 0.25) is 0 Å². The highest BCUT2D eigenvalue weighted by Gasteiger charge is 2.05. The number of nitrogens with one attached hydrogen (secondary N) is 1. The van der Waals surface area contributed by atoms with Crippen LogP contribution in [0.4, 0.5) is 0 Å². The van der Waals surface area contributed by atoms with Gasteiger partial charge < -0.3 is 14.5 Å². The van der Waals surface area contributed by atoms with E-state index in [0.717, 1.165) is 19.6 Å². The summed E-state index contributed by atoms with van der Waals surface area (Å²) in [4.78, 5) is 4.18. The zero-order chi connectivity index (χ0) is 13.9. The van der Waals surface area contributed by atoms with Gasteiger partial charge in [-0.05, 0) is 29.6 Å². The largest absolute Gasteiger partial charge is 0.341 e. The number of benzene rings is 1. The lowest BCUT2D eigenvalue weighted by molar-refractivity contribution is 0.724. The Balaban J connectivity index is 1.92. The normalized spacial score (nSPS) is 11.3. The van der Waals surface area contributed by atoms with Crippen LogP contribution in [0.15, 0.2) is 43.0 Å². The van der Waals surface area contributed by atoms with Gasteiger partial charge in [-0.3, -0.25) is 0 Å². The van der Waals surface area contributed by atoms with E-state index in [0.29, 0.717) is 0 Å². The number of rotatable bonds is 5. The Morgan fingerprint density at radius 2 is 2.15 bits per heavy atom. The first-order valence-corrected chi connectivity index (χ1v) is 7.01. The molecule has 20 heavy (non-hydrogen) atoms. The topological polar surface area (TPSA) is 34.8 Å². The number of aryl methyl sites for hydroxylation is 1. The average Bonchev–Trinajstić information content (AvgIpc) is 3.04. The molecule has 104 valence electrons. The first-order valence-electron chi connectivity index (χ1n) is 7.01. The van der Waals surface area contributed by atoms with E-state index < -0.39 is 0 Å². The fraction of sp³-hybridized carbons (Fsp3) is 0.312. The number of hydrogen-bond acceptors (Lipinski definition) is 2. The van der Waals surface area contributed by atoms with Gasteiger partial charge in [0, 0.05) is 31.5 Å². The highest BCUT2D eigenvalue weighted by atomic mass is 15.1. The minimum absolute atomic E-state index is 0.852. The molecule has 0 aliphatic rings. The lowest BCUT2D eigenvalue weighted by atomic mass is 10.1. The molecule has 4 nitrogen and oxygen atoms in total. The molecule has 0 saturated carbocycles. The molecule has 0 spiro atoms. The van der Waals surface area contributed by atoms with Gasteiger partial charge in [-0.15, -0.1) is 0 Å². The van der Waals surface area contributed by atoms with Gasteiger partial charge in [-0.1, -0.05) is 19.1 Å². The van der Waals surface area contributed by atoms with Gasteiger partial charge in [0.2, 0.25) is 0 Å². The van der Waals surface area contributed by atoms with Crippen LogP contribution in [-0.4, -0.2) is 20.7 Å². The predicted octanol–water partition coefficient (Wildman–Crippen LogP) is 2.53. The molecule has 1 N–H and O–H groups in total. The van der Waals surface area contributed by atoms with Crippen LogP contribution in [0.1, 0.15) is 18.2 Å². The summed E-state index contributed by atoms with van der Waals surface area (Å²) in [6.07, 6.45) is 5.92. The van der Waals surface area contributed by atoms with Crippen LogP contribution < -0.4 is 5.32 Å². The molecule has 4 heteroatoms. The van der Waals surface area contributed by atoms with Crippen molar-refractivity contribution in [2.45, 2.75) is 20.0 Å².